The van der Waals surface area contributed by atoms with E-state index >= 15 is 0 Å². The van der Waals surface area contributed by atoms with Crippen molar-refractivity contribution in [3.8, 4) is 11.5 Å². The summed E-state index contributed by atoms with van der Waals surface area (Å²) in [6.07, 6.45) is 1.01. The third-order valence-corrected chi connectivity index (χ3v) is 3.89. The third-order valence-electron chi connectivity index (χ3n) is 3.89. The summed E-state index contributed by atoms with van der Waals surface area (Å²) in [6.45, 7) is 3.25. The molecular weight excluding hydrogens is 324 g/mol. The van der Waals surface area contributed by atoms with Gasteiger partial charge in [-0.3, -0.25) is 4.90 Å². The summed E-state index contributed by atoms with van der Waals surface area (Å²) < 4.78 is 10.8. The molecule has 0 aliphatic carbocycles. The standard InChI is InChI=1S/C19H26N2O2.ClH/c1-22-18-8-9-19(23-2)17(14-18)15-21(13-11-20)12-10-16-6-4-3-5-7-16;/h3-9,14H,10-13,15,20H2,1-2H3;1H. The Labute approximate surface area is 151 Å². The van der Waals surface area contributed by atoms with Gasteiger partial charge in [0.05, 0.1) is 14.2 Å². The predicted molar refractivity (Wildman–Crippen MR) is 101 cm³/mol. The number of nitrogens with zero attached hydrogens (tertiary/aromatic N) is 1. The fourth-order valence-electron chi connectivity index (χ4n) is 2.63. The first kappa shape index (κ1) is 20.3. The fourth-order valence-corrected chi connectivity index (χ4v) is 2.63. The first-order valence-corrected chi connectivity index (χ1v) is 7.94. The second kappa shape index (κ2) is 10.9. The summed E-state index contributed by atoms with van der Waals surface area (Å²) in [6, 6.07) is 16.4. The van der Waals surface area contributed by atoms with Crippen LogP contribution in [-0.4, -0.2) is 38.8 Å². The summed E-state index contributed by atoms with van der Waals surface area (Å²) in [7, 11) is 3.38. The molecule has 0 fully saturated rings. The number of methoxy groups -OCH3 is 2. The topological polar surface area (TPSA) is 47.7 Å². The molecule has 0 unspecified atom stereocenters. The summed E-state index contributed by atoms with van der Waals surface area (Å²) in [4.78, 5) is 2.35. The molecule has 0 aromatic heterocycles. The summed E-state index contributed by atoms with van der Waals surface area (Å²) >= 11 is 0. The van der Waals surface area contributed by atoms with Crippen LogP contribution in [0.5, 0.6) is 11.5 Å². The van der Waals surface area contributed by atoms with E-state index in [4.69, 9.17) is 15.2 Å². The highest BCUT2D eigenvalue weighted by molar-refractivity contribution is 5.85. The highest BCUT2D eigenvalue weighted by Crippen LogP contribution is 2.25. The van der Waals surface area contributed by atoms with Gasteiger partial charge in [0.25, 0.3) is 0 Å². The van der Waals surface area contributed by atoms with E-state index in [1.54, 1.807) is 14.2 Å². The molecule has 0 amide bonds. The summed E-state index contributed by atoms with van der Waals surface area (Å²) in [5.41, 5.74) is 8.24. The molecule has 4 nitrogen and oxygen atoms in total. The van der Waals surface area contributed by atoms with Crippen LogP contribution in [0.25, 0.3) is 0 Å². The molecule has 2 aromatic carbocycles. The average Bonchev–Trinajstić information content (AvgIpc) is 2.60. The summed E-state index contributed by atoms with van der Waals surface area (Å²) in [5, 5.41) is 0. The van der Waals surface area contributed by atoms with Crippen molar-refractivity contribution in [2.75, 3.05) is 33.9 Å². The highest BCUT2D eigenvalue weighted by atomic mass is 35.5. The normalized spacial score (nSPS) is 10.3. The molecule has 0 aliphatic rings. The van der Waals surface area contributed by atoms with Crippen LogP contribution in [0.15, 0.2) is 48.5 Å². The van der Waals surface area contributed by atoms with Gasteiger partial charge < -0.3 is 15.2 Å². The van der Waals surface area contributed by atoms with Crippen molar-refractivity contribution in [1.82, 2.24) is 4.90 Å². The van der Waals surface area contributed by atoms with Crippen LogP contribution in [0.2, 0.25) is 0 Å². The molecule has 2 N–H and O–H groups in total. The molecule has 0 aliphatic heterocycles. The quantitative estimate of drug-likeness (QED) is 0.754. The van der Waals surface area contributed by atoms with Gasteiger partial charge in [-0.25, -0.2) is 0 Å². The van der Waals surface area contributed by atoms with Gasteiger partial charge in [0.1, 0.15) is 11.5 Å². The van der Waals surface area contributed by atoms with Crippen molar-refractivity contribution >= 4 is 12.4 Å². The summed E-state index contributed by atoms with van der Waals surface area (Å²) in [5.74, 6) is 1.73. The highest BCUT2D eigenvalue weighted by Gasteiger charge is 2.11. The Hall–Kier alpha value is -1.75. The maximum atomic E-state index is 5.78. The first-order chi connectivity index (χ1) is 11.3. The van der Waals surface area contributed by atoms with Crippen LogP contribution in [0.1, 0.15) is 11.1 Å². The van der Waals surface area contributed by atoms with Crippen molar-refractivity contribution < 1.29 is 9.47 Å². The van der Waals surface area contributed by atoms with E-state index in [0.29, 0.717) is 6.54 Å². The van der Waals surface area contributed by atoms with Gasteiger partial charge in [0.15, 0.2) is 0 Å². The van der Waals surface area contributed by atoms with Crippen LogP contribution in [-0.2, 0) is 13.0 Å². The Balaban J connectivity index is 0.00000288. The number of rotatable bonds is 9. The van der Waals surface area contributed by atoms with Crippen LogP contribution in [0.4, 0.5) is 0 Å². The second-order valence-electron chi connectivity index (χ2n) is 5.48. The van der Waals surface area contributed by atoms with E-state index < -0.39 is 0 Å². The lowest BCUT2D eigenvalue weighted by atomic mass is 10.1. The Bertz CT molecular complexity index is 593. The van der Waals surface area contributed by atoms with E-state index in [0.717, 1.165) is 43.1 Å². The van der Waals surface area contributed by atoms with E-state index in [2.05, 4.69) is 29.2 Å². The second-order valence-corrected chi connectivity index (χ2v) is 5.48. The Morgan fingerprint density at radius 2 is 1.71 bits per heavy atom. The number of benzene rings is 2. The van der Waals surface area contributed by atoms with Gasteiger partial charge in [-0.05, 0) is 30.2 Å². The zero-order chi connectivity index (χ0) is 16.5. The lowest BCUT2D eigenvalue weighted by molar-refractivity contribution is 0.270. The Kier molecular flexibility index (Phi) is 9.23. The van der Waals surface area contributed by atoms with Crippen molar-refractivity contribution in [1.29, 1.82) is 0 Å². The number of halogens is 1. The number of ether oxygens (including phenoxy) is 2. The lowest BCUT2D eigenvalue weighted by Gasteiger charge is -2.23. The molecule has 0 radical (unpaired) electrons. The lowest BCUT2D eigenvalue weighted by Crippen LogP contribution is -2.31. The molecule has 0 heterocycles. The molecule has 0 bridgehead atoms. The van der Waals surface area contributed by atoms with E-state index in [-0.39, 0.29) is 12.4 Å². The van der Waals surface area contributed by atoms with Gasteiger partial charge >= 0.3 is 0 Å². The van der Waals surface area contributed by atoms with E-state index in [9.17, 15) is 0 Å². The van der Waals surface area contributed by atoms with Crippen LogP contribution in [0.3, 0.4) is 0 Å². The molecule has 0 saturated heterocycles. The van der Waals surface area contributed by atoms with E-state index in [1.807, 2.05) is 24.3 Å². The molecular formula is C19H27ClN2O2. The molecule has 0 saturated carbocycles. The van der Waals surface area contributed by atoms with E-state index in [1.165, 1.54) is 5.56 Å². The zero-order valence-electron chi connectivity index (χ0n) is 14.4. The van der Waals surface area contributed by atoms with Crippen molar-refractivity contribution in [3.63, 3.8) is 0 Å². The largest absolute Gasteiger partial charge is 0.497 e. The molecule has 2 rings (SSSR count). The third kappa shape index (κ3) is 6.04. The SMILES string of the molecule is COc1ccc(OC)c(CN(CCN)CCc2ccccc2)c1.Cl. The first-order valence-electron chi connectivity index (χ1n) is 7.94. The minimum Gasteiger partial charge on any atom is -0.497 e. The fraction of sp³-hybridized carbons (Fsp3) is 0.368. The minimum absolute atomic E-state index is 0. The van der Waals surface area contributed by atoms with Gasteiger partial charge in [-0.1, -0.05) is 30.3 Å². The van der Waals surface area contributed by atoms with Crippen LogP contribution in [0, 0.1) is 0 Å². The molecule has 24 heavy (non-hydrogen) atoms. The monoisotopic (exact) mass is 350 g/mol. The van der Waals surface area contributed by atoms with Crippen LogP contribution >= 0.6 is 12.4 Å². The molecule has 5 heteroatoms. The minimum atomic E-state index is 0. The molecule has 2 aromatic rings. The predicted octanol–water partition coefficient (Wildman–Crippen LogP) is 3.13. The number of hydrogen-bond acceptors (Lipinski definition) is 4. The number of hydrogen-bond donors (Lipinski definition) is 1. The Morgan fingerprint density at radius 1 is 0.958 bits per heavy atom. The molecule has 132 valence electrons. The van der Waals surface area contributed by atoms with Gasteiger partial charge in [0.2, 0.25) is 0 Å². The molecule has 0 spiro atoms. The maximum Gasteiger partial charge on any atom is 0.123 e. The average molecular weight is 351 g/mol. The zero-order valence-corrected chi connectivity index (χ0v) is 15.2. The van der Waals surface area contributed by atoms with Crippen LogP contribution < -0.4 is 15.2 Å². The smallest absolute Gasteiger partial charge is 0.123 e. The maximum absolute atomic E-state index is 5.78. The van der Waals surface area contributed by atoms with Gasteiger partial charge in [-0.15, -0.1) is 12.4 Å². The van der Waals surface area contributed by atoms with Gasteiger partial charge in [0, 0.05) is 31.7 Å². The molecule has 0 atom stereocenters. The van der Waals surface area contributed by atoms with Crippen molar-refractivity contribution in [3.05, 3.63) is 59.7 Å². The van der Waals surface area contributed by atoms with Crippen molar-refractivity contribution in [2.24, 2.45) is 5.73 Å². The van der Waals surface area contributed by atoms with Crippen molar-refractivity contribution in [2.45, 2.75) is 13.0 Å². The number of nitrogens with two attached hydrogens (primary N) is 1. The van der Waals surface area contributed by atoms with Gasteiger partial charge in [-0.2, -0.15) is 0 Å². The Morgan fingerprint density at radius 3 is 2.33 bits per heavy atom.